The summed E-state index contributed by atoms with van der Waals surface area (Å²) in [6.07, 6.45) is 1.32. The lowest BCUT2D eigenvalue weighted by atomic mass is 10.1. The van der Waals surface area contributed by atoms with Gasteiger partial charge in [0.1, 0.15) is 5.70 Å². The first kappa shape index (κ1) is 11.4. The highest BCUT2D eigenvalue weighted by Gasteiger charge is 2.27. The molecule has 0 atom stereocenters. The SMILES string of the molecule is Cc1ccc(C)c(NC2=CC(=O)N(C)C2=O)c1. The minimum atomic E-state index is -0.295. The zero-order chi connectivity index (χ0) is 12.6. The third-order valence-electron chi connectivity index (χ3n) is 2.80. The molecule has 1 aromatic rings. The van der Waals surface area contributed by atoms with E-state index in [9.17, 15) is 9.59 Å². The van der Waals surface area contributed by atoms with Crippen LogP contribution in [0.25, 0.3) is 0 Å². The first-order valence-corrected chi connectivity index (χ1v) is 5.37. The van der Waals surface area contributed by atoms with Crippen LogP contribution in [0.5, 0.6) is 0 Å². The number of nitrogens with one attached hydrogen (secondary N) is 1. The van der Waals surface area contributed by atoms with Crippen LogP contribution in [0.3, 0.4) is 0 Å². The van der Waals surface area contributed by atoms with E-state index in [0.717, 1.165) is 21.7 Å². The topological polar surface area (TPSA) is 49.4 Å². The number of hydrogen-bond acceptors (Lipinski definition) is 3. The summed E-state index contributed by atoms with van der Waals surface area (Å²) in [5, 5.41) is 3.01. The summed E-state index contributed by atoms with van der Waals surface area (Å²) in [6, 6.07) is 5.93. The quantitative estimate of drug-likeness (QED) is 0.785. The van der Waals surface area contributed by atoms with Crippen LogP contribution < -0.4 is 5.32 Å². The minimum Gasteiger partial charge on any atom is -0.351 e. The summed E-state index contributed by atoms with van der Waals surface area (Å²) in [6.45, 7) is 3.93. The van der Waals surface area contributed by atoms with Gasteiger partial charge in [-0.25, -0.2) is 0 Å². The molecule has 1 aromatic carbocycles. The van der Waals surface area contributed by atoms with E-state index in [1.54, 1.807) is 0 Å². The van der Waals surface area contributed by atoms with E-state index in [1.165, 1.54) is 13.1 Å². The zero-order valence-corrected chi connectivity index (χ0v) is 10.1. The zero-order valence-electron chi connectivity index (χ0n) is 10.1. The number of hydrogen-bond donors (Lipinski definition) is 1. The molecule has 1 N–H and O–H groups in total. The lowest BCUT2D eigenvalue weighted by Gasteiger charge is -2.11. The van der Waals surface area contributed by atoms with E-state index >= 15 is 0 Å². The second-order valence-electron chi connectivity index (χ2n) is 4.20. The fourth-order valence-corrected chi connectivity index (χ4v) is 1.67. The Bertz CT molecular complexity index is 532. The van der Waals surface area contributed by atoms with Crippen molar-refractivity contribution in [3.8, 4) is 0 Å². The van der Waals surface area contributed by atoms with Crippen LogP contribution in [0.1, 0.15) is 11.1 Å². The van der Waals surface area contributed by atoms with E-state index < -0.39 is 0 Å². The van der Waals surface area contributed by atoms with Crippen LogP contribution in [0.4, 0.5) is 5.69 Å². The maximum Gasteiger partial charge on any atom is 0.277 e. The molecule has 0 unspecified atom stereocenters. The third-order valence-corrected chi connectivity index (χ3v) is 2.80. The normalized spacial score (nSPS) is 15.2. The largest absolute Gasteiger partial charge is 0.351 e. The predicted molar refractivity (Wildman–Crippen MR) is 65.4 cm³/mol. The van der Waals surface area contributed by atoms with Gasteiger partial charge < -0.3 is 5.32 Å². The molecule has 0 aromatic heterocycles. The Hall–Kier alpha value is -2.10. The maximum atomic E-state index is 11.7. The number of aryl methyl sites for hydroxylation is 2. The summed E-state index contributed by atoms with van der Waals surface area (Å²) in [7, 11) is 1.47. The highest BCUT2D eigenvalue weighted by molar-refractivity contribution is 6.17. The molecule has 1 aliphatic heterocycles. The lowest BCUT2D eigenvalue weighted by molar-refractivity contribution is -0.135. The van der Waals surface area contributed by atoms with Crippen molar-refractivity contribution in [1.82, 2.24) is 4.90 Å². The number of carbonyl (C=O) groups is 2. The monoisotopic (exact) mass is 230 g/mol. The van der Waals surface area contributed by atoms with Gasteiger partial charge in [-0.2, -0.15) is 0 Å². The molecule has 1 heterocycles. The van der Waals surface area contributed by atoms with Gasteiger partial charge in [-0.1, -0.05) is 12.1 Å². The highest BCUT2D eigenvalue weighted by Crippen LogP contribution is 2.20. The average Bonchev–Trinajstić information content (AvgIpc) is 2.52. The first-order valence-electron chi connectivity index (χ1n) is 5.37. The number of anilines is 1. The Balaban J connectivity index is 2.28. The van der Waals surface area contributed by atoms with Crippen molar-refractivity contribution in [1.29, 1.82) is 0 Å². The van der Waals surface area contributed by atoms with E-state index in [2.05, 4.69) is 5.32 Å². The van der Waals surface area contributed by atoms with Crippen molar-refractivity contribution < 1.29 is 9.59 Å². The van der Waals surface area contributed by atoms with E-state index in [1.807, 2.05) is 32.0 Å². The van der Waals surface area contributed by atoms with Gasteiger partial charge in [0.15, 0.2) is 0 Å². The third kappa shape index (κ3) is 2.06. The van der Waals surface area contributed by atoms with Crippen LogP contribution in [0, 0.1) is 13.8 Å². The van der Waals surface area contributed by atoms with Gasteiger partial charge in [0.2, 0.25) is 0 Å². The van der Waals surface area contributed by atoms with Gasteiger partial charge in [0.05, 0.1) is 0 Å². The summed E-state index contributed by atoms with van der Waals surface area (Å²) < 4.78 is 0. The molecule has 0 radical (unpaired) electrons. The van der Waals surface area contributed by atoms with Crippen LogP contribution in [-0.4, -0.2) is 23.8 Å². The summed E-state index contributed by atoms with van der Waals surface area (Å²) >= 11 is 0. The van der Waals surface area contributed by atoms with Gasteiger partial charge >= 0.3 is 0 Å². The molecule has 4 heteroatoms. The van der Waals surface area contributed by atoms with Gasteiger partial charge in [0.25, 0.3) is 11.8 Å². The predicted octanol–water partition coefficient (Wildman–Crippen LogP) is 1.60. The molecule has 0 saturated heterocycles. The summed E-state index contributed by atoms with van der Waals surface area (Å²) in [4.78, 5) is 24.1. The molecule has 0 spiro atoms. The number of nitrogens with zero attached hydrogens (tertiary/aromatic N) is 1. The first-order chi connectivity index (χ1) is 7.99. The maximum absolute atomic E-state index is 11.7. The fourth-order valence-electron chi connectivity index (χ4n) is 1.67. The molecule has 88 valence electrons. The molecule has 1 aliphatic rings. The second-order valence-corrected chi connectivity index (χ2v) is 4.20. The highest BCUT2D eigenvalue weighted by atomic mass is 16.2. The van der Waals surface area contributed by atoms with Gasteiger partial charge in [0, 0.05) is 18.8 Å². The summed E-state index contributed by atoms with van der Waals surface area (Å²) in [5.41, 5.74) is 3.31. The second kappa shape index (κ2) is 4.05. The van der Waals surface area contributed by atoms with Crippen LogP contribution in [0.2, 0.25) is 0 Å². The van der Waals surface area contributed by atoms with Gasteiger partial charge in [-0.05, 0) is 31.0 Å². The number of rotatable bonds is 2. The molecule has 4 nitrogen and oxygen atoms in total. The van der Waals surface area contributed by atoms with Crippen molar-refractivity contribution in [3.05, 3.63) is 41.1 Å². The number of benzene rings is 1. The van der Waals surface area contributed by atoms with Gasteiger partial charge in [-0.15, -0.1) is 0 Å². The van der Waals surface area contributed by atoms with Crippen LogP contribution in [-0.2, 0) is 9.59 Å². The lowest BCUT2D eigenvalue weighted by Crippen LogP contribution is -2.27. The molecule has 0 saturated carbocycles. The van der Waals surface area contributed by atoms with Crippen LogP contribution in [0.15, 0.2) is 30.0 Å². The van der Waals surface area contributed by atoms with Crippen LogP contribution >= 0.6 is 0 Å². The van der Waals surface area contributed by atoms with Gasteiger partial charge in [-0.3, -0.25) is 14.5 Å². The van der Waals surface area contributed by atoms with E-state index in [-0.39, 0.29) is 11.8 Å². The molecule has 17 heavy (non-hydrogen) atoms. The number of carbonyl (C=O) groups excluding carboxylic acids is 2. The molecule has 0 bridgehead atoms. The Morgan fingerprint density at radius 3 is 2.47 bits per heavy atom. The molecule has 0 aliphatic carbocycles. The average molecular weight is 230 g/mol. The summed E-state index contributed by atoms with van der Waals surface area (Å²) in [5.74, 6) is -0.585. The molecule has 0 fully saturated rings. The fraction of sp³-hybridized carbons (Fsp3) is 0.231. The van der Waals surface area contributed by atoms with Crippen molar-refractivity contribution in [3.63, 3.8) is 0 Å². The Morgan fingerprint density at radius 1 is 1.18 bits per heavy atom. The van der Waals surface area contributed by atoms with E-state index in [0.29, 0.717) is 5.70 Å². The number of likely N-dealkylation sites (N-methyl/N-ethyl adjacent to an activating group) is 1. The Kier molecular flexibility index (Phi) is 2.71. The Morgan fingerprint density at radius 2 is 1.88 bits per heavy atom. The molecular weight excluding hydrogens is 216 g/mol. The molecule has 2 rings (SSSR count). The Labute approximate surface area is 99.9 Å². The number of amides is 2. The standard InChI is InChI=1S/C13H14N2O2/c1-8-4-5-9(2)10(6-8)14-11-7-12(16)15(3)13(11)17/h4-7,14H,1-3H3. The molecular formula is C13H14N2O2. The van der Waals surface area contributed by atoms with Crippen molar-refractivity contribution in [2.45, 2.75) is 13.8 Å². The van der Waals surface area contributed by atoms with Crippen molar-refractivity contribution >= 4 is 17.5 Å². The van der Waals surface area contributed by atoms with Crippen molar-refractivity contribution in [2.75, 3.05) is 12.4 Å². The van der Waals surface area contributed by atoms with Crippen molar-refractivity contribution in [2.24, 2.45) is 0 Å². The van der Waals surface area contributed by atoms with E-state index in [4.69, 9.17) is 0 Å². The molecule has 2 amide bonds. The number of imide groups is 1. The smallest absolute Gasteiger partial charge is 0.277 e. The minimum absolute atomic E-state index is 0.289.